The van der Waals surface area contributed by atoms with Crippen LogP contribution in [-0.2, 0) is 20.7 Å². The van der Waals surface area contributed by atoms with Gasteiger partial charge in [0.1, 0.15) is 18.1 Å². The van der Waals surface area contributed by atoms with Crippen molar-refractivity contribution in [1.29, 1.82) is 0 Å². The van der Waals surface area contributed by atoms with E-state index in [1.54, 1.807) is 23.2 Å². The van der Waals surface area contributed by atoms with Gasteiger partial charge in [-0.05, 0) is 56.5 Å². The van der Waals surface area contributed by atoms with E-state index in [-0.39, 0.29) is 49.0 Å². The van der Waals surface area contributed by atoms with Crippen LogP contribution in [0.5, 0.6) is 5.88 Å². The lowest BCUT2D eigenvalue weighted by atomic mass is 10.0. The molecule has 0 saturated carbocycles. The summed E-state index contributed by atoms with van der Waals surface area (Å²) in [5.74, 6) is -0.0335. The number of carbonyl (C=O) groups excluding carboxylic acids is 1. The topological polar surface area (TPSA) is 108 Å². The highest BCUT2D eigenvalue weighted by Crippen LogP contribution is 2.34. The molecule has 11 nitrogen and oxygen atoms in total. The molecular weight excluding hydrogens is 557 g/mol. The number of rotatable bonds is 9. The summed E-state index contributed by atoms with van der Waals surface area (Å²) in [6.45, 7) is 10.5. The van der Waals surface area contributed by atoms with Gasteiger partial charge in [0.15, 0.2) is 0 Å². The maximum Gasteiger partial charge on any atom is 0.407 e. The Labute approximate surface area is 252 Å². The summed E-state index contributed by atoms with van der Waals surface area (Å²) in [5.41, 5.74) is 2.37. The lowest BCUT2D eigenvalue weighted by Gasteiger charge is -2.47. The standard InChI is InChI=1S/C31H42FN5O6/c1-4-41-19-27-20-43-30-28(12-24(13-33-30)11-23-5-7-25(32)8-6-23)37(27)29(38)17-35-14-21(2)36(31(39)40)16-26(35)15-34-9-10-42-18-22(34)3/h5-8,12-13,21-22,26-27H,4,9-11,14-20H2,1-3H3,(H,39,40)/t21-,22?,26+,27?/m1/s1. The Bertz CT molecular complexity index is 1270. The van der Waals surface area contributed by atoms with Crippen molar-refractivity contribution in [2.45, 2.75) is 51.4 Å². The highest BCUT2D eigenvalue weighted by Gasteiger charge is 2.40. The molecule has 1 N–H and O–H groups in total. The summed E-state index contributed by atoms with van der Waals surface area (Å²) in [5, 5.41) is 9.87. The molecule has 0 aliphatic carbocycles. The number of carboxylic acid groups (broad SMARTS) is 1. The number of amides is 2. The number of ether oxygens (including phenoxy) is 3. The van der Waals surface area contributed by atoms with Gasteiger partial charge < -0.3 is 24.2 Å². The van der Waals surface area contributed by atoms with Gasteiger partial charge in [-0.3, -0.25) is 19.5 Å². The molecule has 1 aromatic heterocycles. The maximum absolute atomic E-state index is 14.3. The number of morpholine rings is 1. The zero-order valence-electron chi connectivity index (χ0n) is 25.2. The van der Waals surface area contributed by atoms with E-state index in [1.165, 1.54) is 17.0 Å². The van der Waals surface area contributed by atoms with Gasteiger partial charge in [-0.2, -0.15) is 0 Å². The third-order valence-electron chi connectivity index (χ3n) is 8.52. The summed E-state index contributed by atoms with van der Waals surface area (Å²) in [7, 11) is 0. The lowest BCUT2D eigenvalue weighted by Crippen LogP contribution is -2.64. The molecule has 234 valence electrons. The highest BCUT2D eigenvalue weighted by molar-refractivity contribution is 5.97. The minimum Gasteiger partial charge on any atom is -0.474 e. The number of halogens is 1. The van der Waals surface area contributed by atoms with Gasteiger partial charge in [-0.25, -0.2) is 14.2 Å². The Hall–Kier alpha value is -3.32. The molecule has 4 heterocycles. The molecular formula is C31H42FN5O6. The quantitative estimate of drug-likeness (QED) is 0.466. The fourth-order valence-electron chi connectivity index (χ4n) is 6.16. The van der Waals surface area contributed by atoms with Gasteiger partial charge in [0.25, 0.3) is 0 Å². The van der Waals surface area contributed by atoms with E-state index in [4.69, 9.17) is 14.2 Å². The van der Waals surface area contributed by atoms with Gasteiger partial charge in [0.2, 0.25) is 11.8 Å². The van der Waals surface area contributed by atoms with Crippen LogP contribution in [0.2, 0.25) is 0 Å². The number of nitrogens with zero attached hydrogens (tertiary/aromatic N) is 5. The zero-order chi connectivity index (χ0) is 30.5. The van der Waals surface area contributed by atoms with Crippen molar-refractivity contribution in [3.05, 3.63) is 53.5 Å². The first kappa shape index (κ1) is 31.1. The van der Waals surface area contributed by atoms with Crippen LogP contribution >= 0.6 is 0 Å². The van der Waals surface area contributed by atoms with Crippen LogP contribution in [0.1, 0.15) is 31.9 Å². The second kappa shape index (κ2) is 14.0. The molecule has 43 heavy (non-hydrogen) atoms. The molecule has 3 aliphatic rings. The van der Waals surface area contributed by atoms with Crippen LogP contribution in [0.15, 0.2) is 36.5 Å². The second-order valence-corrected chi connectivity index (χ2v) is 11.6. The van der Waals surface area contributed by atoms with E-state index in [2.05, 4.69) is 21.7 Å². The number of anilines is 1. The van der Waals surface area contributed by atoms with Crippen molar-refractivity contribution >= 4 is 17.7 Å². The Kier molecular flexibility index (Phi) is 10.1. The monoisotopic (exact) mass is 599 g/mol. The van der Waals surface area contributed by atoms with Crippen molar-refractivity contribution in [1.82, 2.24) is 19.7 Å². The summed E-state index contributed by atoms with van der Waals surface area (Å²) < 4.78 is 30.8. The van der Waals surface area contributed by atoms with Crippen molar-refractivity contribution < 1.29 is 33.3 Å². The first-order chi connectivity index (χ1) is 20.7. The Morgan fingerprint density at radius 3 is 2.58 bits per heavy atom. The molecule has 5 rings (SSSR count). The molecule has 2 saturated heterocycles. The van der Waals surface area contributed by atoms with Gasteiger partial charge in [0.05, 0.1) is 32.4 Å². The molecule has 2 amide bonds. The van der Waals surface area contributed by atoms with Crippen LogP contribution in [0.4, 0.5) is 14.9 Å². The number of hydrogen-bond donors (Lipinski definition) is 1. The van der Waals surface area contributed by atoms with Crippen molar-refractivity contribution in [3.63, 3.8) is 0 Å². The van der Waals surface area contributed by atoms with E-state index in [0.29, 0.717) is 64.0 Å². The van der Waals surface area contributed by atoms with Crippen LogP contribution in [0.3, 0.4) is 0 Å². The van der Waals surface area contributed by atoms with Crippen molar-refractivity contribution in [2.24, 2.45) is 0 Å². The zero-order valence-corrected chi connectivity index (χ0v) is 25.2. The van der Waals surface area contributed by atoms with E-state index >= 15 is 0 Å². The third kappa shape index (κ3) is 7.43. The van der Waals surface area contributed by atoms with Crippen molar-refractivity contribution in [2.75, 3.05) is 70.7 Å². The van der Waals surface area contributed by atoms with E-state index in [1.807, 2.05) is 19.9 Å². The molecule has 12 heteroatoms. The minimum absolute atomic E-state index is 0.117. The average Bonchev–Trinajstić information content (AvgIpc) is 2.99. The fourth-order valence-corrected chi connectivity index (χ4v) is 6.16. The number of hydrogen-bond acceptors (Lipinski definition) is 8. The number of benzene rings is 1. The van der Waals surface area contributed by atoms with Gasteiger partial charge in [0, 0.05) is 57.1 Å². The summed E-state index contributed by atoms with van der Waals surface area (Å²) in [6, 6.07) is 7.68. The predicted molar refractivity (Wildman–Crippen MR) is 158 cm³/mol. The predicted octanol–water partition coefficient (Wildman–Crippen LogP) is 2.72. The Balaban J connectivity index is 1.40. The first-order valence-corrected chi connectivity index (χ1v) is 15.0. The third-order valence-corrected chi connectivity index (χ3v) is 8.52. The van der Waals surface area contributed by atoms with Crippen LogP contribution in [0, 0.1) is 5.82 Å². The first-order valence-electron chi connectivity index (χ1n) is 15.0. The lowest BCUT2D eigenvalue weighted by molar-refractivity contribution is -0.123. The number of fused-ring (bicyclic) bond motifs is 1. The molecule has 3 aliphatic heterocycles. The van der Waals surface area contributed by atoms with Crippen molar-refractivity contribution in [3.8, 4) is 5.88 Å². The van der Waals surface area contributed by atoms with Crippen LogP contribution < -0.4 is 9.64 Å². The Morgan fingerprint density at radius 1 is 1.07 bits per heavy atom. The molecule has 2 aromatic rings. The van der Waals surface area contributed by atoms with E-state index < -0.39 is 6.09 Å². The molecule has 0 radical (unpaired) electrons. The van der Waals surface area contributed by atoms with Gasteiger partial charge >= 0.3 is 6.09 Å². The number of piperazine rings is 1. The smallest absolute Gasteiger partial charge is 0.407 e. The summed E-state index contributed by atoms with van der Waals surface area (Å²) in [4.78, 5) is 38.5. The van der Waals surface area contributed by atoms with Gasteiger partial charge in [-0.15, -0.1) is 0 Å². The average molecular weight is 600 g/mol. The molecule has 0 bridgehead atoms. The normalized spacial score (nSPS) is 24.8. The molecule has 2 fully saturated rings. The molecule has 2 unspecified atom stereocenters. The summed E-state index contributed by atoms with van der Waals surface area (Å²) >= 11 is 0. The van der Waals surface area contributed by atoms with Crippen LogP contribution in [-0.4, -0.2) is 127 Å². The summed E-state index contributed by atoms with van der Waals surface area (Å²) in [6.07, 6.45) is 1.30. The molecule has 0 spiro atoms. The molecule has 4 atom stereocenters. The van der Waals surface area contributed by atoms with Gasteiger partial charge in [-0.1, -0.05) is 12.1 Å². The largest absolute Gasteiger partial charge is 0.474 e. The SMILES string of the molecule is CCOCC1COc2ncc(Cc3ccc(F)cc3)cc2N1C(=O)CN1C[C@@H](C)N(C(=O)O)C[C@@H]1CN1CCOCC1C. The molecule has 1 aromatic carbocycles. The number of aromatic nitrogens is 1. The van der Waals surface area contributed by atoms with E-state index in [0.717, 1.165) is 17.7 Å². The minimum atomic E-state index is -0.947. The maximum atomic E-state index is 14.3. The number of pyridine rings is 1. The Morgan fingerprint density at radius 2 is 1.86 bits per heavy atom. The fraction of sp³-hybridized carbons (Fsp3) is 0.581. The van der Waals surface area contributed by atoms with E-state index in [9.17, 15) is 19.1 Å². The van der Waals surface area contributed by atoms with Crippen LogP contribution in [0.25, 0.3) is 0 Å². The second-order valence-electron chi connectivity index (χ2n) is 11.6. The number of carbonyl (C=O) groups is 2. The highest BCUT2D eigenvalue weighted by atomic mass is 19.1.